The Kier molecular flexibility index (Phi) is 4.33. The summed E-state index contributed by atoms with van der Waals surface area (Å²) in [4.78, 5) is 14.1. The zero-order valence-electron chi connectivity index (χ0n) is 15.8. The second kappa shape index (κ2) is 6.99. The van der Waals surface area contributed by atoms with E-state index in [1.807, 2.05) is 17.1 Å². The monoisotopic (exact) mass is 381 g/mol. The van der Waals surface area contributed by atoms with Crippen LogP contribution in [-0.2, 0) is 15.9 Å². The lowest BCUT2D eigenvalue weighted by atomic mass is 10.1. The van der Waals surface area contributed by atoms with E-state index in [1.54, 1.807) is 6.20 Å². The van der Waals surface area contributed by atoms with Crippen molar-refractivity contribution in [2.75, 3.05) is 37.5 Å². The maximum atomic E-state index is 6.13. The molecule has 2 saturated heterocycles. The predicted molar refractivity (Wildman–Crippen MR) is 105 cm³/mol. The first-order valence-electron chi connectivity index (χ1n) is 9.64. The van der Waals surface area contributed by atoms with Gasteiger partial charge < -0.3 is 20.5 Å². The Morgan fingerprint density at radius 1 is 1.18 bits per heavy atom. The summed E-state index contributed by atoms with van der Waals surface area (Å²) in [5.74, 6) is 1.17. The summed E-state index contributed by atoms with van der Waals surface area (Å²) in [6.07, 6.45) is 7.30. The molecule has 2 fully saturated rings. The van der Waals surface area contributed by atoms with Gasteiger partial charge in [0.25, 0.3) is 0 Å². The number of nitrogens with one attached hydrogen (secondary N) is 1. The van der Waals surface area contributed by atoms with Gasteiger partial charge in [0.2, 0.25) is 0 Å². The molecule has 1 atom stereocenters. The van der Waals surface area contributed by atoms with Crippen molar-refractivity contribution in [3.05, 3.63) is 24.3 Å². The van der Waals surface area contributed by atoms with Gasteiger partial charge in [-0.05, 0) is 12.8 Å². The number of ether oxygens (including phenoxy) is 2. The van der Waals surface area contributed by atoms with Crippen molar-refractivity contribution in [1.82, 2.24) is 24.7 Å². The highest BCUT2D eigenvalue weighted by Gasteiger charge is 2.23. The number of nitrogens with zero attached hydrogens (tertiary/aromatic N) is 5. The molecule has 0 aromatic carbocycles. The van der Waals surface area contributed by atoms with Crippen LogP contribution >= 0.6 is 0 Å². The molecular weight excluding hydrogens is 358 g/mol. The summed E-state index contributed by atoms with van der Waals surface area (Å²) in [5.41, 5.74) is 10.2. The number of nitrogen functional groups attached to an aromatic ring is 1. The van der Waals surface area contributed by atoms with Crippen LogP contribution in [0.3, 0.4) is 0 Å². The topological polar surface area (TPSA) is 113 Å². The third-order valence-electron chi connectivity index (χ3n) is 5.31. The van der Waals surface area contributed by atoms with Crippen molar-refractivity contribution in [1.29, 1.82) is 0 Å². The van der Waals surface area contributed by atoms with Gasteiger partial charge in [0.05, 0.1) is 43.8 Å². The second-order valence-corrected chi connectivity index (χ2v) is 7.23. The third-order valence-corrected chi connectivity index (χ3v) is 5.31. The van der Waals surface area contributed by atoms with Gasteiger partial charge in [-0.1, -0.05) is 6.92 Å². The summed E-state index contributed by atoms with van der Waals surface area (Å²) in [6.45, 7) is 4.90. The Labute approximate surface area is 162 Å². The largest absolute Gasteiger partial charge is 0.382 e. The molecule has 2 aliphatic heterocycles. The van der Waals surface area contributed by atoms with Gasteiger partial charge in [0, 0.05) is 30.1 Å². The lowest BCUT2D eigenvalue weighted by molar-refractivity contribution is -0.0286. The molecule has 0 spiro atoms. The van der Waals surface area contributed by atoms with E-state index in [-0.39, 0.29) is 6.04 Å². The van der Waals surface area contributed by atoms with Crippen LogP contribution in [-0.4, -0.2) is 57.2 Å². The summed E-state index contributed by atoms with van der Waals surface area (Å²) in [7, 11) is 0. The van der Waals surface area contributed by atoms with Crippen LogP contribution < -0.4 is 11.1 Å². The summed E-state index contributed by atoms with van der Waals surface area (Å²) >= 11 is 0. The third kappa shape index (κ3) is 2.96. The van der Waals surface area contributed by atoms with E-state index in [1.165, 1.54) is 0 Å². The van der Waals surface area contributed by atoms with Crippen molar-refractivity contribution in [3.63, 3.8) is 0 Å². The normalized spacial score (nSPS) is 19.8. The number of pyridine rings is 1. The van der Waals surface area contributed by atoms with Crippen LogP contribution in [0.5, 0.6) is 0 Å². The van der Waals surface area contributed by atoms with E-state index >= 15 is 0 Å². The fourth-order valence-corrected chi connectivity index (χ4v) is 3.56. The fraction of sp³-hybridized carbons (Fsp3) is 0.474. The Morgan fingerprint density at radius 2 is 2.07 bits per heavy atom. The van der Waals surface area contributed by atoms with E-state index in [4.69, 9.17) is 25.2 Å². The van der Waals surface area contributed by atoms with Gasteiger partial charge in [0.15, 0.2) is 5.82 Å². The molecular formula is C19H23N7O2. The van der Waals surface area contributed by atoms with Crippen LogP contribution in [0.1, 0.15) is 25.1 Å². The van der Waals surface area contributed by atoms with Crippen molar-refractivity contribution in [2.24, 2.45) is 0 Å². The maximum absolute atomic E-state index is 6.13. The number of hydrogen-bond donors (Lipinski definition) is 2. The van der Waals surface area contributed by atoms with Crippen LogP contribution in [0.4, 0.5) is 11.6 Å². The van der Waals surface area contributed by atoms with Crippen LogP contribution in [0, 0.1) is 0 Å². The molecule has 2 aliphatic rings. The van der Waals surface area contributed by atoms with Crippen LogP contribution in [0.2, 0.25) is 0 Å². The Morgan fingerprint density at radius 3 is 2.79 bits per heavy atom. The number of aromatic nitrogens is 5. The molecule has 9 heteroatoms. The smallest absolute Gasteiger partial charge is 0.151 e. The molecule has 0 bridgehead atoms. The minimum atomic E-state index is 0.251. The van der Waals surface area contributed by atoms with Crippen molar-refractivity contribution in [3.8, 4) is 11.1 Å². The Hall–Kier alpha value is -2.78. The van der Waals surface area contributed by atoms with E-state index in [9.17, 15) is 0 Å². The first kappa shape index (κ1) is 17.3. The molecule has 0 radical (unpaired) electrons. The molecule has 28 heavy (non-hydrogen) atoms. The second-order valence-electron chi connectivity index (χ2n) is 7.23. The average Bonchev–Trinajstić information content (AvgIpc) is 3.33. The lowest BCUT2D eigenvalue weighted by Gasteiger charge is -2.25. The number of fused-ring (bicyclic) bond motifs is 1. The van der Waals surface area contributed by atoms with E-state index < -0.39 is 0 Å². The minimum absolute atomic E-state index is 0.251. The summed E-state index contributed by atoms with van der Waals surface area (Å²) < 4.78 is 12.7. The fourth-order valence-electron chi connectivity index (χ4n) is 3.56. The van der Waals surface area contributed by atoms with Crippen LogP contribution in [0.25, 0.3) is 22.2 Å². The van der Waals surface area contributed by atoms with Crippen molar-refractivity contribution < 1.29 is 9.47 Å². The maximum Gasteiger partial charge on any atom is 0.151 e. The molecule has 0 saturated carbocycles. The molecule has 3 aromatic rings. The molecule has 0 unspecified atom stereocenters. The number of anilines is 2. The highest BCUT2D eigenvalue weighted by Crippen LogP contribution is 2.31. The molecule has 146 valence electrons. The number of nitrogens with two attached hydrogens (primary N) is 1. The zero-order valence-corrected chi connectivity index (χ0v) is 15.8. The standard InChI is InChI=1S/C19H23N7O2/c1-2-15-19(23-12-3-4-27-8-12)25-16-14(6-21-18(20)17(16)24-15)11-5-22-26(7-11)13-9-28-10-13/h5-7,12-13H,2-4,8-10H2,1H3,(H2,20,21)(H,23,25)/t12-/m0/s1. The van der Waals surface area contributed by atoms with Crippen LogP contribution in [0.15, 0.2) is 18.6 Å². The molecule has 9 nitrogen and oxygen atoms in total. The number of aryl methyl sites for hydroxylation is 1. The van der Waals surface area contributed by atoms with Gasteiger partial charge in [-0.15, -0.1) is 0 Å². The summed E-state index contributed by atoms with van der Waals surface area (Å²) in [5, 5.41) is 7.98. The molecule has 5 heterocycles. The van der Waals surface area contributed by atoms with E-state index in [2.05, 4.69) is 22.3 Å². The summed E-state index contributed by atoms with van der Waals surface area (Å²) in [6, 6.07) is 0.542. The average molecular weight is 381 g/mol. The highest BCUT2D eigenvalue weighted by atomic mass is 16.5. The molecule has 5 rings (SSSR count). The van der Waals surface area contributed by atoms with Crippen molar-refractivity contribution >= 4 is 22.7 Å². The SMILES string of the molecule is CCc1nc2c(N)ncc(-c3cnn(C4COC4)c3)c2nc1N[C@H]1CCOC1. The van der Waals surface area contributed by atoms with Gasteiger partial charge in [-0.3, -0.25) is 4.68 Å². The van der Waals surface area contributed by atoms with Gasteiger partial charge in [-0.2, -0.15) is 5.10 Å². The van der Waals surface area contributed by atoms with E-state index in [0.29, 0.717) is 37.2 Å². The molecule has 3 aromatic heterocycles. The lowest BCUT2D eigenvalue weighted by Crippen LogP contribution is -2.30. The molecule has 0 aliphatic carbocycles. The van der Waals surface area contributed by atoms with Gasteiger partial charge in [0.1, 0.15) is 16.9 Å². The zero-order chi connectivity index (χ0) is 19.1. The van der Waals surface area contributed by atoms with E-state index in [0.717, 1.165) is 47.6 Å². The molecule has 3 N–H and O–H groups in total. The van der Waals surface area contributed by atoms with Crippen molar-refractivity contribution in [2.45, 2.75) is 31.8 Å². The minimum Gasteiger partial charge on any atom is -0.382 e. The van der Waals surface area contributed by atoms with Gasteiger partial charge >= 0.3 is 0 Å². The van der Waals surface area contributed by atoms with Gasteiger partial charge in [-0.25, -0.2) is 15.0 Å². The highest BCUT2D eigenvalue weighted by molar-refractivity contribution is 5.96. The quantitative estimate of drug-likeness (QED) is 0.688. The Bertz CT molecular complexity index is 1010. The number of hydrogen-bond acceptors (Lipinski definition) is 8. The predicted octanol–water partition coefficient (Wildman–Crippen LogP) is 1.80. The first-order chi connectivity index (χ1) is 13.7. The first-order valence-corrected chi connectivity index (χ1v) is 9.64. The molecule has 0 amide bonds. The number of rotatable bonds is 5. The Balaban J connectivity index is 1.60.